The topological polar surface area (TPSA) is 93.2 Å². The van der Waals surface area contributed by atoms with E-state index >= 15 is 0 Å². The molecule has 0 N–H and O–H groups in total. The van der Waals surface area contributed by atoms with Crippen LogP contribution in [0.1, 0.15) is 17.3 Å². The standard InChI is InChI=1S/C16H21ClN2O6S/c1-11(15(20)18(2)3)25-16(21)13-10-12(4-5-14(13)17)26(22,23)19-6-8-24-9-7-19/h4-5,10-11H,6-9H2,1-3H3/t11-/m0/s1. The number of likely N-dealkylation sites (N-methyl/N-ethyl adjacent to an activating group) is 1. The van der Waals surface area contributed by atoms with Gasteiger partial charge in [-0.2, -0.15) is 4.31 Å². The highest BCUT2D eigenvalue weighted by atomic mass is 35.5. The van der Waals surface area contributed by atoms with Gasteiger partial charge in [0, 0.05) is 27.2 Å². The number of rotatable bonds is 5. The van der Waals surface area contributed by atoms with Gasteiger partial charge in [0.2, 0.25) is 10.0 Å². The Morgan fingerprint density at radius 1 is 1.27 bits per heavy atom. The Labute approximate surface area is 157 Å². The largest absolute Gasteiger partial charge is 0.449 e. The highest BCUT2D eigenvalue weighted by Gasteiger charge is 2.28. The van der Waals surface area contributed by atoms with E-state index in [1.807, 2.05) is 0 Å². The van der Waals surface area contributed by atoms with E-state index in [0.717, 1.165) is 0 Å². The lowest BCUT2D eigenvalue weighted by atomic mass is 10.2. The van der Waals surface area contributed by atoms with Crippen LogP contribution in [0.5, 0.6) is 0 Å². The maximum atomic E-state index is 12.7. The molecule has 1 saturated heterocycles. The first-order valence-corrected chi connectivity index (χ1v) is 9.76. The van der Waals surface area contributed by atoms with Crippen molar-refractivity contribution in [2.45, 2.75) is 17.9 Å². The molecule has 0 unspecified atom stereocenters. The monoisotopic (exact) mass is 404 g/mol. The minimum atomic E-state index is -3.78. The van der Waals surface area contributed by atoms with Gasteiger partial charge in [-0.15, -0.1) is 0 Å². The molecule has 144 valence electrons. The first-order chi connectivity index (χ1) is 12.1. The van der Waals surface area contributed by atoms with Crippen LogP contribution in [-0.2, 0) is 24.3 Å². The van der Waals surface area contributed by atoms with E-state index in [1.54, 1.807) is 0 Å². The average Bonchev–Trinajstić information content (AvgIpc) is 2.61. The van der Waals surface area contributed by atoms with Crippen molar-refractivity contribution in [3.63, 3.8) is 0 Å². The Morgan fingerprint density at radius 3 is 2.46 bits per heavy atom. The molecule has 26 heavy (non-hydrogen) atoms. The molecule has 0 radical (unpaired) electrons. The number of nitrogens with zero attached hydrogens (tertiary/aromatic N) is 2. The Kier molecular flexibility index (Phi) is 6.62. The summed E-state index contributed by atoms with van der Waals surface area (Å²) in [7, 11) is -0.708. The predicted octanol–water partition coefficient (Wildman–Crippen LogP) is 0.994. The third-order valence-corrected chi connectivity index (χ3v) is 6.06. The summed E-state index contributed by atoms with van der Waals surface area (Å²) in [5, 5.41) is 0.0421. The van der Waals surface area contributed by atoms with Gasteiger partial charge in [0.1, 0.15) is 0 Å². The second kappa shape index (κ2) is 8.34. The highest BCUT2D eigenvalue weighted by Crippen LogP contribution is 2.24. The zero-order chi connectivity index (χ0) is 19.5. The van der Waals surface area contributed by atoms with Crippen molar-refractivity contribution in [2.24, 2.45) is 0 Å². The Balaban J connectivity index is 2.26. The van der Waals surface area contributed by atoms with Crippen LogP contribution >= 0.6 is 11.6 Å². The van der Waals surface area contributed by atoms with Crippen LogP contribution in [0.15, 0.2) is 23.1 Å². The number of carbonyl (C=O) groups is 2. The summed E-state index contributed by atoms with van der Waals surface area (Å²) in [4.78, 5) is 25.4. The van der Waals surface area contributed by atoms with Gasteiger partial charge in [-0.25, -0.2) is 13.2 Å². The first-order valence-electron chi connectivity index (χ1n) is 7.94. The normalized spacial score (nSPS) is 16.8. The van der Waals surface area contributed by atoms with E-state index in [0.29, 0.717) is 13.2 Å². The maximum Gasteiger partial charge on any atom is 0.340 e. The number of morpholine rings is 1. The smallest absolute Gasteiger partial charge is 0.340 e. The first kappa shape index (κ1) is 20.6. The van der Waals surface area contributed by atoms with E-state index < -0.39 is 28.0 Å². The van der Waals surface area contributed by atoms with E-state index in [-0.39, 0.29) is 28.6 Å². The molecule has 1 aromatic rings. The SMILES string of the molecule is C[C@H](OC(=O)c1cc(S(=O)(=O)N2CCOCC2)ccc1Cl)C(=O)N(C)C. The van der Waals surface area contributed by atoms with Crippen molar-refractivity contribution in [2.75, 3.05) is 40.4 Å². The lowest BCUT2D eigenvalue weighted by molar-refractivity contribution is -0.137. The van der Waals surface area contributed by atoms with Crippen LogP contribution in [0.4, 0.5) is 0 Å². The number of carbonyl (C=O) groups excluding carboxylic acids is 2. The summed E-state index contributed by atoms with van der Waals surface area (Å²) >= 11 is 6.03. The lowest BCUT2D eigenvalue weighted by Gasteiger charge is -2.26. The van der Waals surface area contributed by atoms with Crippen LogP contribution in [0.25, 0.3) is 0 Å². The number of hydrogen-bond acceptors (Lipinski definition) is 6. The fourth-order valence-corrected chi connectivity index (χ4v) is 4.02. The third kappa shape index (κ3) is 4.53. The number of sulfonamides is 1. The van der Waals surface area contributed by atoms with Crippen molar-refractivity contribution >= 4 is 33.5 Å². The Hall–Kier alpha value is -1.68. The quantitative estimate of drug-likeness (QED) is 0.679. The average molecular weight is 405 g/mol. The minimum absolute atomic E-state index is 0.0421. The van der Waals surface area contributed by atoms with Crippen LogP contribution in [-0.4, -0.2) is 76.0 Å². The van der Waals surface area contributed by atoms with Gasteiger partial charge in [0.25, 0.3) is 5.91 Å². The predicted molar refractivity (Wildman–Crippen MR) is 94.6 cm³/mol. The fraction of sp³-hybridized carbons (Fsp3) is 0.500. The molecule has 1 heterocycles. The fourth-order valence-electron chi connectivity index (χ4n) is 2.40. The zero-order valence-electron chi connectivity index (χ0n) is 14.8. The Morgan fingerprint density at radius 2 is 1.88 bits per heavy atom. The molecule has 8 nitrogen and oxygen atoms in total. The molecule has 10 heteroatoms. The van der Waals surface area contributed by atoms with Crippen molar-refractivity contribution in [3.05, 3.63) is 28.8 Å². The number of halogens is 1. The van der Waals surface area contributed by atoms with E-state index in [4.69, 9.17) is 21.1 Å². The van der Waals surface area contributed by atoms with Gasteiger partial charge in [-0.1, -0.05) is 11.6 Å². The summed E-state index contributed by atoms with van der Waals surface area (Å²) < 4.78 is 37.0. The minimum Gasteiger partial charge on any atom is -0.449 e. The molecule has 1 aliphatic heterocycles. The number of amides is 1. The van der Waals surface area contributed by atoms with Crippen molar-refractivity contribution in [1.29, 1.82) is 0 Å². The van der Waals surface area contributed by atoms with Gasteiger partial charge in [0.05, 0.1) is 28.7 Å². The van der Waals surface area contributed by atoms with Gasteiger partial charge in [-0.3, -0.25) is 4.79 Å². The molecule has 1 atom stereocenters. The van der Waals surface area contributed by atoms with Gasteiger partial charge in [0.15, 0.2) is 6.10 Å². The van der Waals surface area contributed by atoms with Gasteiger partial charge < -0.3 is 14.4 Å². The molecule has 0 aromatic heterocycles. The van der Waals surface area contributed by atoms with Crippen molar-refractivity contribution < 1.29 is 27.5 Å². The molecule has 1 fully saturated rings. The Bertz CT molecular complexity index is 790. The lowest BCUT2D eigenvalue weighted by Crippen LogP contribution is -2.40. The molecular formula is C16H21ClN2O6S. The molecule has 1 amide bonds. The molecular weight excluding hydrogens is 384 g/mol. The van der Waals surface area contributed by atoms with Gasteiger partial charge >= 0.3 is 5.97 Å². The third-order valence-electron chi connectivity index (χ3n) is 3.84. The molecule has 0 saturated carbocycles. The van der Waals surface area contributed by atoms with Crippen molar-refractivity contribution in [3.8, 4) is 0 Å². The van der Waals surface area contributed by atoms with Crippen LogP contribution in [0.3, 0.4) is 0 Å². The van der Waals surface area contributed by atoms with Crippen LogP contribution < -0.4 is 0 Å². The van der Waals surface area contributed by atoms with Crippen molar-refractivity contribution in [1.82, 2.24) is 9.21 Å². The molecule has 2 rings (SSSR count). The summed E-state index contributed by atoms with van der Waals surface area (Å²) in [5.74, 6) is -1.26. The number of hydrogen-bond donors (Lipinski definition) is 0. The second-order valence-corrected chi connectivity index (χ2v) is 8.28. The van der Waals surface area contributed by atoms with Gasteiger partial charge in [-0.05, 0) is 25.1 Å². The number of benzene rings is 1. The highest BCUT2D eigenvalue weighted by molar-refractivity contribution is 7.89. The summed E-state index contributed by atoms with van der Waals surface area (Å²) in [6, 6.07) is 3.82. The van der Waals surface area contributed by atoms with E-state index in [2.05, 4.69) is 0 Å². The molecule has 1 aliphatic rings. The van der Waals surface area contributed by atoms with Crippen LogP contribution in [0.2, 0.25) is 5.02 Å². The number of ether oxygens (including phenoxy) is 2. The van der Waals surface area contributed by atoms with E-state index in [9.17, 15) is 18.0 Å². The van der Waals surface area contributed by atoms with E-state index in [1.165, 1.54) is 48.4 Å². The second-order valence-electron chi connectivity index (χ2n) is 5.94. The summed E-state index contributed by atoms with van der Waals surface area (Å²) in [6.45, 7) is 2.53. The molecule has 0 aliphatic carbocycles. The molecule has 0 spiro atoms. The summed E-state index contributed by atoms with van der Waals surface area (Å²) in [5.41, 5.74) is -0.112. The number of esters is 1. The molecule has 1 aromatic carbocycles. The maximum absolute atomic E-state index is 12.7. The summed E-state index contributed by atoms with van der Waals surface area (Å²) in [6.07, 6.45) is -1.02. The zero-order valence-corrected chi connectivity index (χ0v) is 16.3. The molecule has 0 bridgehead atoms. The van der Waals surface area contributed by atoms with Crippen LogP contribution in [0, 0.1) is 0 Å².